The van der Waals surface area contributed by atoms with Crippen molar-refractivity contribution >= 4 is 22.8 Å². The van der Waals surface area contributed by atoms with Crippen LogP contribution in [0.25, 0.3) is 28.0 Å². The van der Waals surface area contributed by atoms with Crippen LogP contribution in [0.3, 0.4) is 0 Å². The summed E-state index contributed by atoms with van der Waals surface area (Å²) in [5, 5.41) is 19.3. The fourth-order valence-electron chi connectivity index (χ4n) is 3.33. The Labute approximate surface area is 187 Å². The van der Waals surface area contributed by atoms with Gasteiger partial charge < -0.3 is 19.6 Å². The summed E-state index contributed by atoms with van der Waals surface area (Å²) in [6.07, 6.45) is 3.38. The molecule has 0 fully saturated rings. The van der Waals surface area contributed by atoms with Gasteiger partial charge in [-0.2, -0.15) is 0 Å². The van der Waals surface area contributed by atoms with E-state index in [1.165, 1.54) is 12.6 Å². The number of aryl methyl sites for hydroxylation is 1. The van der Waals surface area contributed by atoms with Crippen molar-refractivity contribution in [3.8, 4) is 22.8 Å². The highest BCUT2D eigenvalue weighted by Gasteiger charge is 2.18. The lowest BCUT2D eigenvalue weighted by Gasteiger charge is -2.12. The third kappa shape index (κ3) is 4.59. The number of amides is 1. The van der Waals surface area contributed by atoms with E-state index in [1.54, 1.807) is 16.7 Å². The van der Waals surface area contributed by atoms with E-state index in [1.807, 2.05) is 37.3 Å². The Kier molecular flexibility index (Phi) is 6.16. The zero-order chi connectivity index (χ0) is 23.4. The summed E-state index contributed by atoms with van der Waals surface area (Å²) < 4.78 is 13.0. The lowest BCUT2D eigenvalue weighted by molar-refractivity contribution is -0.138. The maximum absolute atomic E-state index is 13.3. The second-order valence-corrected chi connectivity index (χ2v) is 7.11. The van der Waals surface area contributed by atoms with Gasteiger partial charge in [0, 0.05) is 11.8 Å². The topological polar surface area (TPSA) is 137 Å². The summed E-state index contributed by atoms with van der Waals surface area (Å²) in [5.74, 6) is -0.996. The summed E-state index contributed by atoms with van der Waals surface area (Å²) in [4.78, 5) is 35.6. The van der Waals surface area contributed by atoms with Crippen LogP contribution in [0.2, 0.25) is 0 Å². The molecule has 2 N–H and O–H groups in total. The van der Waals surface area contributed by atoms with E-state index in [4.69, 9.17) is 14.3 Å². The van der Waals surface area contributed by atoms with Gasteiger partial charge in [-0.25, -0.2) is 0 Å². The van der Waals surface area contributed by atoms with Crippen LogP contribution in [-0.2, 0) is 16.0 Å². The predicted molar refractivity (Wildman–Crippen MR) is 118 cm³/mol. The number of aromatic nitrogens is 3. The third-order valence-corrected chi connectivity index (χ3v) is 4.96. The number of carbonyl (C=O) groups is 2. The van der Waals surface area contributed by atoms with Gasteiger partial charge in [-0.3, -0.25) is 19.0 Å². The van der Waals surface area contributed by atoms with Crippen molar-refractivity contribution in [2.75, 3.05) is 13.2 Å². The molecule has 0 aliphatic rings. The highest BCUT2D eigenvalue weighted by atomic mass is 16.5. The number of para-hydroxylation sites is 1. The van der Waals surface area contributed by atoms with E-state index < -0.39 is 18.4 Å². The molecule has 33 heavy (non-hydrogen) atoms. The minimum atomic E-state index is -1.15. The number of nitrogens with zero attached hydrogens (tertiary/aromatic N) is 3. The van der Waals surface area contributed by atoms with Gasteiger partial charge >= 0.3 is 5.97 Å². The van der Waals surface area contributed by atoms with E-state index in [0.717, 1.165) is 5.69 Å². The van der Waals surface area contributed by atoms with Crippen molar-refractivity contribution < 1.29 is 23.8 Å². The molecular formula is C23H20N4O6. The molecule has 2 heterocycles. The molecule has 10 nitrogen and oxygen atoms in total. The standard InChI is InChI=1S/C23H20N4O6/c1-2-14-8-16-19(9-18(14)33-12-20(28)24-10-21(29)30)32-11-17(22(16)31)23-26-25-13-27(23)15-6-4-3-5-7-15/h3-9,11,13H,2,10,12H2,1H3,(H,24,28)(H,29,30). The largest absolute Gasteiger partial charge is 0.483 e. The molecule has 0 aliphatic carbocycles. The second-order valence-electron chi connectivity index (χ2n) is 7.11. The first-order valence-electron chi connectivity index (χ1n) is 10.1. The number of fused-ring (bicyclic) bond motifs is 1. The van der Waals surface area contributed by atoms with Crippen molar-refractivity contribution in [3.63, 3.8) is 0 Å². The van der Waals surface area contributed by atoms with Crippen LogP contribution in [-0.4, -0.2) is 44.9 Å². The molecule has 4 rings (SSSR count). The van der Waals surface area contributed by atoms with Crippen molar-refractivity contribution in [2.45, 2.75) is 13.3 Å². The number of rotatable bonds is 8. The molecule has 0 saturated carbocycles. The fraction of sp³-hybridized carbons (Fsp3) is 0.174. The Hall–Kier alpha value is -4.47. The van der Waals surface area contributed by atoms with E-state index in [9.17, 15) is 14.4 Å². The number of carbonyl (C=O) groups excluding carboxylic acids is 1. The predicted octanol–water partition coefficient (Wildman–Crippen LogP) is 2.18. The van der Waals surface area contributed by atoms with Gasteiger partial charge in [0.1, 0.15) is 36.0 Å². The van der Waals surface area contributed by atoms with E-state index in [2.05, 4.69) is 15.5 Å². The molecule has 0 spiro atoms. The van der Waals surface area contributed by atoms with E-state index >= 15 is 0 Å². The van der Waals surface area contributed by atoms with Gasteiger partial charge in [0.15, 0.2) is 12.4 Å². The Bertz CT molecular complexity index is 1380. The molecule has 0 radical (unpaired) electrons. The summed E-state index contributed by atoms with van der Waals surface area (Å²) in [6, 6.07) is 12.6. The quantitative estimate of drug-likeness (QED) is 0.419. The van der Waals surface area contributed by atoms with Gasteiger partial charge in [-0.05, 0) is 30.2 Å². The van der Waals surface area contributed by atoms with Crippen molar-refractivity contribution in [3.05, 3.63) is 70.8 Å². The maximum Gasteiger partial charge on any atom is 0.322 e. The number of hydrogen-bond acceptors (Lipinski definition) is 7. The summed E-state index contributed by atoms with van der Waals surface area (Å²) >= 11 is 0. The zero-order valence-electron chi connectivity index (χ0n) is 17.6. The molecule has 0 unspecified atom stereocenters. The molecule has 4 aromatic rings. The first-order valence-corrected chi connectivity index (χ1v) is 10.1. The minimum absolute atomic E-state index is 0.257. The Morgan fingerprint density at radius 1 is 1.21 bits per heavy atom. The number of nitrogens with one attached hydrogen (secondary N) is 1. The molecule has 0 bridgehead atoms. The minimum Gasteiger partial charge on any atom is -0.483 e. The van der Waals surface area contributed by atoms with Crippen LogP contribution in [0.4, 0.5) is 0 Å². The van der Waals surface area contributed by atoms with Gasteiger partial charge in [0.25, 0.3) is 5.91 Å². The number of hydrogen-bond donors (Lipinski definition) is 2. The first-order chi connectivity index (χ1) is 16.0. The van der Waals surface area contributed by atoms with Crippen LogP contribution in [0.15, 0.2) is 64.3 Å². The number of carboxylic acids is 1. The average molecular weight is 448 g/mol. The average Bonchev–Trinajstić information content (AvgIpc) is 3.31. The molecule has 1 amide bonds. The molecule has 10 heteroatoms. The maximum atomic E-state index is 13.3. The van der Waals surface area contributed by atoms with E-state index in [0.29, 0.717) is 28.9 Å². The van der Waals surface area contributed by atoms with E-state index in [-0.39, 0.29) is 23.2 Å². The number of benzene rings is 2. The lowest BCUT2D eigenvalue weighted by Crippen LogP contribution is -2.33. The van der Waals surface area contributed by atoms with Crippen LogP contribution < -0.4 is 15.5 Å². The molecule has 2 aromatic heterocycles. The number of aliphatic carboxylic acids is 1. The summed E-state index contributed by atoms with van der Waals surface area (Å²) in [6.45, 7) is 1.02. The van der Waals surface area contributed by atoms with Crippen LogP contribution >= 0.6 is 0 Å². The van der Waals surface area contributed by atoms with Crippen LogP contribution in [0.1, 0.15) is 12.5 Å². The Balaban J connectivity index is 1.68. The second kappa shape index (κ2) is 9.35. The third-order valence-electron chi connectivity index (χ3n) is 4.96. The summed E-state index contributed by atoms with van der Waals surface area (Å²) in [5.41, 5.74) is 1.76. The van der Waals surface area contributed by atoms with Gasteiger partial charge in [0.05, 0.1) is 5.39 Å². The normalized spacial score (nSPS) is 10.8. The van der Waals surface area contributed by atoms with Crippen LogP contribution in [0, 0.1) is 0 Å². The van der Waals surface area contributed by atoms with Gasteiger partial charge in [-0.1, -0.05) is 25.1 Å². The first kappa shape index (κ1) is 21.8. The molecule has 0 atom stereocenters. The van der Waals surface area contributed by atoms with Gasteiger partial charge in [-0.15, -0.1) is 10.2 Å². The SMILES string of the molecule is CCc1cc2c(=O)c(-c3nncn3-c3ccccc3)coc2cc1OCC(=O)NCC(=O)O. The number of ether oxygens (including phenoxy) is 1. The molecular weight excluding hydrogens is 428 g/mol. The Morgan fingerprint density at radius 3 is 2.73 bits per heavy atom. The highest BCUT2D eigenvalue weighted by Crippen LogP contribution is 2.27. The van der Waals surface area contributed by atoms with Crippen molar-refractivity contribution in [2.24, 2.45) is 0 Å². The van der Waals surface area contributed by atoms with Crippen molar-refractivity contribution in [1.29, 1.82) is 0 Å². The lowest BCUT2D eigenvalue weighted by atomic mass is 10.1. The summed E-state index contributed by atoms with van der Waals surface area (Å²) in [7, 11) is 0. The zero-order valence-corrected chi connectivity index (χ0v) is 17.6. The highest BCUT2D eigenvalue weighted by molar-refractivity contribution is 5.84. The van der Waals surface area contributed by atoms with Gasteiger partial charge in [0.2, 0.25) is 5.43 Å². The number of carboxylic acid groups (broad SMARTS) is 1. The fourth-order valence-corrected chi connectivity index (χ4v) is 3.33. The molecule has 0 aliphatic heterocycles. The van der Waals surface area contributed by atoms with Crippen LogP contribution in [0.5, 0.6) is 5.75 Å². The Morgan fingerprint density at radius 2 is 2.00 bits per heavy atom. The monoisotopic (exact) mass is 448 g/mol. The smallest absolute Gasteiger partial charge is 0.322 e. The molecule has 2 aromatic carbocycles. The molecule has 0 saturated heterocycles. The molecule has 168 valence electrons. The van der Waals surface area contributed by atoms with Crippen molar-refractivity contribution in [1.82, 2.24) is 20.1 Å².